The summed E-state index contributed by atoms with van der Waals surface area (Å²) in [6.45, 7) is 9.32. The van der Waals surface area contributed by atoms with Gasteiger partial charge in [-0.2, -0.15) is 0 Å². The normalized spacial score (nSPS) is 26.5. The summed E-state index contributed by atoms with van der Waals surface area (Å²) in [5.74, 6) is 1.35. The molecule has 5 nitrogen and oxygen atoms in total. The Hall–Kier alpha value is -0.820. The zero-order chi connectivity index (χ0) is 16.1. The van der Waals surface area contributed by atoms with Crippen molar-refractivity contribution in [1.82, 2.24) is 15.5 Å². The number of anilines is 1. The largest absolute Gasteiger partial charge is 0.360 e. The lowest BCUT2D eigenvalue weighted by molar-refractivity contribution is -0.121. The van der Waals surface area contributed by atoms with Crippen molar-refractivity contribution in [2.75, 3.05) is 11.9 Å². The van der Waals surface area contributed by atoms with Crippen LogP contribution < -0.4 is 10.6 Å². The summed E-state index contributed by atoms with van der Waals surface area (Å²) in [5, 5.41) is 15.2. The number of carbonyl (C=O) groups excluding carboxylic acids is 1. The van der Waals surface area contributed by atoms with Gasteiger partial charge in [-0.15, -0.1) is 10.2 Å². The van der Waals surface area contributed by atoms with Crippen LogP contribution in [-0.2, 0) is 4.79 Å². The van der Waals surface area contributed by atoms with Gasteiger partial charge in [0.1, 0.15) is 0 Å². The molecule has 0 aliphatic heterocycles. The number of rotatable bonds is 6. The van der Waals surface area contributed by atoms with Crippen molar-refractivity contribution >= 4 is 34.1 Å². The monoisotopic (exact) mass is 342 g/mol. The molecule has 0 spiro atoms. The Balaban J connectivity index is 1.85. The van der Waals surface area contributed by atoms with E-state index < -0.39 is 0 Å². The van der Waals surface area contributed by atoms with Crippen LogP contribution in [0.1, 0.15) is 47.0 Å². The SMILES string of the molecule is CCNc1nnc(S[C@H](C)C(=O)N[C@@H]2CCC[C@@H](C)[C@@H]2C)s1. The fraction of sp³-hybridized carbons (Fsp3) is 0.800. The molecule has 22 heavy (non-hydrogen) atoms. The summed E-state index contributed by atoms with van der Waals surface area (Å²) in [7, 11) is 0. The maximum absolute atomic E-state index is 12.4. The summed E-state index contributed by atoms with van der Waals surface area (Å²) in [4.78, 5) is 12.4. The first kappa shape index (κ1) is 17.5. The summed E-state index contributed by atoms with van der Waals surface area (Å²) < 4.78 is 0.837. The number of carbonyl (C=O) groups is 1. The van der Waals surface area contributed by atoms with E-state index in [0.717, 1.165) is 22.4 Å². The Kier molecular flexibility index (Phi) is 6.50. The van der Waals surface area contributed by atoms with Gasteiger partial charge in [-0.3, -0.25) is 4.79 Å². The molecule has 0 aromatic carbocycles. The number of amides is 1. The fourth-order valence-corrected chi connectivity index (χ4v) is 4.74. The third kappa shape index (κ3) is 4.59. The van der Waals surface area contributed by atoms with E-state index in [9.17, 15) is 4.79 Å². The van der Waals surface area contributed by atoms with Gasteiger partial charge in [0.2, 0.25) is 11.0 Å². The van der Waals surface area contributed by atoms with Crippen LogP contribution in [0.5, 0.6) is 0 Å². The van der Waals surface area contributed by atoms with Crippen LogP contribution in [0, 0.1) is 11.8 Å². The predicted molar refractivity (Wildman–Crippen MR) is 93.5 cm³/mol. The maximum Gasteiger partial charge on any atom is 0.233 e. The summed E-state index contributed by atoms with van der Waals surface area (Å²) >= 11 is 2.98. The molecule has 0 bridgehead atoms. The van der Waals surface area contributed by atoms with Crippen molar-refractivity contribution in [2.24, 2.45) is 11.8 Å². The maximum atomic E-state index is 12.4. The standard InChI is InChI=1S/C15H26N4OS2/c1-5-16-14-18-19-15(22-14)21-11(4)13(20)17-12-8-6-7-9(2)10(12)3/h9-12H,5-8H2,1-4H3,(H,16,18)(H,17,20)/t9-,10+,11-,12-/m1/s1. The Morgan fingerprint density at radius 2 is 2.18 bits per heavy atom. The third-order valence-electron chi connectivity index (χ3n) is 4.42. The first-order valence-electron chi connectivity index (χ1n) is 8.05. The van der Waals surface area contributed by atoms with Crippen LogP contribution in [0.3, 0.4) is 0 Å². The van der Waals surface area contributed by atoms with Gasteiger partial charge in [-0.25, -0.2) is 0 Å². The molecule has 4 atom stereocenters. The highest BCUT2D eigenvalue weighted by Gasteiger charge is 2.29. The lowest BCUT2D eigenvalue weighted by Crippen LogP contribution is -2.46. The second-order valence-electron chi connectivity index (χ2n) is 6.05. The Labute approximate surface area is 141 Å². The molecule has 1 aromatic heterocycles. The fourth-order valence-electron chi connectivity index (χ4n) is 2.77. The molecule has 1 saturated carbocycles. The Morgan fingerprint density at radius 3 is 2.91 bits per heavy atom. The summed E-state index contributed by atoms with van der Waals surface area (Å²) in [6.07, 6.45) is 3.58. The van der Waals surface area contributed by atoms with Crippen LogP contribution in [0.25, 0.3) is 0 Å². The number of nitrogens with one attached hydrogen (secondary N) is 2. The zero-order valence-electron chi connectivity index (χ0n) is 13.8. The number of aromatic nitrogens is 2. The van der Waals surface area contributed by atoms with Crippen molar-refractivity contribution in [3.63, 3.8) is 0 Å². The van der Waals surface area contributed by atoms with Gasteiger partial charge in [-0.05, 0) is 32.1 Å². The van der Waals surface area contributed by atoms with E-state index in [1.54, 1.807) is 0 Å². The van der Waals surface area contributed by atoms with Gasteiger partial charge in [0.25, 0.3) is 0 Å². The molecule has 0 unspecified atom stereocenters. The lowest BCUT2D eigenvalue weighted by atomic mass is 9.78. The van der Waals surface area contributed by atoms with Gasteiger partial charge in [0.05, 0.1) is 5.25 Å². The molecule has 1 fully saturated rings. The first-order valence-corrected chi connectivity index (χ1v) is 9.75. The topological polar surface area (TPSA) is 66.9 Å². The van der Waals surface area contributed by atoms with Gasteiger partial charge in [-0.1, -0.05) is 49.8 Å². The van der Waals surface area contributed by atoms with Crippen molar-refractivity contribution < 1.29 is 4.79 Å². The minimum Gasteiger partial charge on any atom is -0.360 e. The van der Waals surface area contributed by atoms with E-state index in [0.29, 0.717) is 17.9 Å². The lowest BCUT2D eigenvalue weighted by Gasteiger charge is -2.35. The molecule has 1 aliphatic carbocycles. The molecular formula is C15H26N4OS2. The van der Waals surface area contributed by atoms with Crippen molar-refractivity contribution in [2.45, 2.75) is 62.6 Å². The average molecular weight is 343 g/mol. The van der Waals surface area contributed by atoms with Gasteiger partial charge < -0.3 is 10.6 Å². The smallest absolute Gasteiger partial charge is 0.233 e. The van der Waals surface area contributed by atoms with Gasteiger partial charge >= 0.3 is 0 Å². The third-order valence-corrected chi connectivity index (χ3v) is 6.48. The highest BCUT2D eigenvalue weighted by Crippen LogP contribution is 2.31. The quantitative estimate of drug-likeness (QED) is 0.776. The minimum absolute atomic E-state index is 0.108. The molecule has 7 heteroatoms. The van der Waals surface area contributed by atoms with E-state index in [2.05, 4.69) is 34.7 Å². The van der Waals surface area contributed by atoms with Gasteiger partial charge in [0, 0.05) is 12.6 Å². The van der Waals surface area contributed by atoms with E-state index in [1.807, 2.05) is 13.8 Å². The Morgan fingerprint density at radius 1 is 1.41 bits per heavy atom. The predicted octanol–water partition coefficient (Wildman–Crippen LogP) is 3.39. The van der Waals surface area contributed by atoms with Crippen LogP contribution in [-0.4, -0.2) is 33.9 Å². The van der Waals surface area contributed by atoms with Crippen LogP contribution in [0.2, 0.25) is 0 Å². The van der Waals surface area contributed by atoms with Crippen LogP contribution >= 0.6 is 23.1 Å². The number of nitrogens with zero attached hydrogens (tertiary/aromatic N) is 2. The van der Waals surface area contributed by atoms with E-state index in [1.165, 1.54) is 35.9 Å². The molecule has 0 radical (unpaired) electrons. The molecule has 2 N–H and O–H groups in total. The second kappa shape index (κ2) is 8.15. The first-order chi connectivity index (χ1) is 10.5. The van der Waals surface area contributed by atoms with Crippen LogP contribution in [0.4, 0.5) is 5.13 Å². The van der Waals surface area contributed by atoms with E-state index in [-0.39, 0.29) is 11.2 Å². The average Bonchev–Trinajstić information content (AvgIpc) is 2.91. The van der Waals surface area contributed by atoms with Crippen LogP contribution in [0.15, 0.2) is 4.34 Å². The molecule has 124 valence electrons. The van der Waals surface area contributed by atoms with E-state index in [4.69, 9.17) is 0 Å². The van der Waals surface area contributed by atoms with Crippen molar-refractivity contribution in [3.05, 3.63) is 0 Å². The van der Waals surface area contributed by atoms with Crippen molar-refractivity contribution in [1.29, 1.82) is 0 Å². The number of hydrogen-bond acceptors (Lipinski definition) is 6. The highest BCUT2D eigenvalue weighted by atomic mass is 32.2. The van der Waals surface area contributed by atoms with Crippen molar-refractivity contribution in [3.8, 4) is 0 Å². The molecular weight excluding hydrogens is 316 g/mol. The number of thioether (sulfide) groups is 1. The second-order valence-corrected chi connectivity index (χ2v) is 8.61. The van der Waals surface area contributed by atoms with Gasteiger partial charge in [0.15, 0.2) is 4.34 Å². The Bertz CT molecular complexity index is 494. The zero-order valence-corrected chi connectivity index (χ0v) is 15.4. The molecule has 2 rings (SSSR count). The molecule has 1 amide bonds. The minimum atomic E-state index is -0.146. The molecule has 1 heterocycles. The highest BCUT2D eigenvalue weighted by molar-refractivity contribution is 8.02. The molecule has 1 aliphatic rings. The number of hydrogen-bond donors (Lipinski definition) is 2. The summed E-state index contributed by atoms with van der Waals surface area (Å²) in [5.41, 5.74) is 0. The molecule has 1 aromatic rings. The summed E-state index contributed by atoms with van der Waals surface area (Å²) in [6, 6.07) is 0.311. The van der Waals surface area contributed by atoms with E-state index >= 15 is 0 Å². The molecule has 0 saturated heterocycles.